The van der Waals surface area contributed by atoms with Gasteiger partial charge in [0.1, 0.15) is 18.1 Å². The second-order valence-corrected chi connectivity index (χ2v) is 7.20. The highest BCUT2D eigenvalue weighted by Gasteiger charge is 2.39. The van der Waals surface area contributed by atoms with E-state index in [4.69, 9.17) is 14.6 Å². The first-order valence-electron chi connectivity index (χ1n) is 7.04. The van der Waals surface area contributed by atoms with Crippen LogP contribution in [0.25, 0.3) is 0 Å². The summed E-state index contributed by atoms with van der Waals surface area (Å²) in [7, 11) is 0. The van der Waals surface area contributed by atoms with Gasteiger partial charge in [-0.25, -0.2) is 0 Å². The van der Waals surface area contributed by atoms with Crippen LogP contribution in [0.1, 0.15) is 7.43 Å². The minimum atomic E-state index is -0.187. The number of aliphatic hydroxyl groups is 1. The van der Waals surface area contributed by atoms with E-state index in [1.54, 1.807) is 24.3 Å². The summed E-state index contributed by atoms with van der Waals surface area (Å²) in [4.78, 5) is 0. The first-order chi connectivity index (χ1) is 11.0. The third-order valence-corrected chi connectivity index (χ3v) is 4.39. The topological polar surface area (TPSA) is 58.9 Å². The van der Waals surface area contributed by atoms with Crippen molar-refractivity contribution in [2.75, 3.05) is 26.4 Å². The van der Waals surface area contributed by atoms with Crippen LogP contribution >= 0.6 is 31.9 Å². The standard InChI is InChI=1S/C11H13BrO3.C6H5BrO.CH4/c12-9-1-3-10(4-2-9)15-8-11(5-13)6-14-7-11;7-5-1-3-6(8)4-2-5;/h1-4,13H,5-8H2;1-4,8H;1H4. The average Bonchev–Trinajstić information content (AvgIpc) is 2.52. The Hall–Kier alpha value is -1.08. The van der Waals surface area contributed by atoms with Crippen LogP contribution in [0.3, 0.4) is 0 Å². The van der Waals surface area contributed by atoms with Crippen molar-refractivity contribution in [3.63, 3.8) is 0 Å². The van der Waals surface area contributed by atoms with Gasteiger partial charge < -0.3 is 19.7 Å². The molecule has 6 heteroatoms. The Morgan fingerprint density at radius 2 is 1.46 bits per heavy atom. The Kier molecular flexibility index (Phi) is 8.76. The van der Waals surface area contributed by atoms with Gasteiger partial charge >= 0.3 is 0 Å². The monoisotopic (exact) mass is 460 g/mol. The van der Waals surface area contributed by atoms with Crippen molar-refractivity contribution in [3.05, 3.63) is 57.5 Å². The number of phenolic OH excluding ortho intramolecular Hbond substituents is 1. The van der Waals surface area contributed by atoms with Crippen LogP contribution in [0, 0.1) is 5.41 Å². The summed E-state index contributed by atoms with van der Waals surface area (Å²) in [5.41, 5.74) is -0.187. The van der Waals surface area contributed by atoms with E-state index >= 15 is 0 Å². The van der Waals surface area contributed by atoms with Crippen molar-refractivity contribution in [1.82, 2.24) is 0 Å². The number of hydrogen-bond acceptors (Lipinski definition) is 4. The van der Waals surface area contributed by atoms with Crippen LogP contribution in [0.5, 0.6) is 11.5 Å². The van der Waals surface area contributed by atoms with Crippen molar-refractivity contribution in [2.45, 2.75) is 7.43 Å². The highest BCUT2D eigenvalue weighted by atomic mass is 79.9. The molecular weight excluding hydrogens is 440 g/mol. The molecule has 2 aromatic rings. The van der Waals surface area contributed by atoms with Gasteiger partial charge in [-0.1, -0.05) is 39.3 Å². The number of benzene rings is 2. The van der Waals surface area contributed by atoms with Crippen LogP contribution in [0.2, 0.25) is 0 Å². The highest BCUT2D eigenvalue weighted by Crippen LogP contribution is 2.28. The molecule has 0 aliphatic carbocycles. The molecule has 1 aliphatic rings. The Morgan fingerprint density at radius 1 is 0.958 bits per heavy atom. The smallest absolute Gasteiger partial charge is 0.119 e. The van der Waals surface area contributed by atoms with Gasteiger partial charge in [0.15, 0.2) is 0 Å². The average molecular weight is 462 g/mol. The molecule has 0 amide bonds. The maximum absolute atomic E-state index is 9.19. The molecule has 2 aromatic carbocycles. The Bertz CT molecular complexity index is 569. The van der Waals surface area contributed by atoms with E-state index in [9.17, 15) is 5.11 Å². The summed E-state index contributed by atoms with van der Waals surface area (Å²) in [5.74, 6) is 1.12. The number of ether oxygens (including phenoxy) is 2. The van der Waals surface area contributed by atoms with Gasteiger partial charge in [0.25, 0.3) is 0 Å². The van der Waals surface area contributed by atoms with Gasteiger partial charge in [0, 0.05) is 8.95 Å². The lowest BCUT2D eigenvalue weighted by atomic mass is 9.88. The summed E-state index contributed by atoms with van der Waals surface area (Å²) in [5, 5.41) is 17.9. The Balaban J connectivity index is 0.000000273. The van der Waals surface area contributed by atoms with E-state index in [0.717, 1.165) is 14.7 Å². The van der Waals surface area contributed by atoms with Gasteiger partial charge in [-0.3, -0.25) is 0 Å². The second-order valence-electron chi connectivity index (χ2n) is 5.37. The predicted molar refractivity (Wildman–Crippen MR) is 103 cm³/mol. The molecule has 0 atom stereocenters. The molecule has 132 valence electrons. The number of aromatic hydroxyl groups is 1. The molecule has 0 saturated carbocycles. The number of aliphatic hydroxyl groups excluding tert-OH is 1. The van der Waals surface area contributed by atoms with E-state index in [2.05, 4.69) is 31.9 Å². The third-order valence-electron chi connectivity index (χ3n) is 3.34. The van der Waals surface area contributed by atoms with Gasteiger partial charge in [-0.2, -0.15) is 0 Å². The van der Waals surface area contributed by atoms with E-state index in [0.29, 0.717) is 25.6 Å². The number of halogens is 2. The van der Waals surface area contributed by atoms with Crippen LogP contribution in [-0.2, 0) is 4.74 Å². The Labute approximate surface area is 159 Å². The maximum atomic E-state index is 9.19. The van der Waals surface area contributed by atoms with Crippen LogP contribution in [-0.4, -0.2) is 36.6 Å². The fourth-order valence-corrected chi connectivity index (χ4v) is 2.35. The van der Waals surface area contributed by atoms with Crippen LogP contribution in [0.15, 0.2) is 57.5 Å². The zero-order valence-corrected chi connectivity index (χ0v) is 15.6. The van der Waals surface area contributed by atoms with E-state index in [1.807, 2.05) is 24.3 Å². The summed E-state index contributed by atoms with van der Waals surface area (Å²) in [6.07, 6.45) is 0. The van der Waals surface area contributed by atoms with Crippen molar-refractivity contribution in [2.24, 2.45) is 5.41 Å². The predicted octanol–water partition coefficient (Wildman–Crippen LogP) is 4.63. The SMILES string of the molecule is C.OCC1(COc2ccc(Br)cc2)COC1.Oc1ccc(Br)cc1. The molecule has 1 saturated heterocycles. The third kappa shape index (κ3) is 6.43. The molecule has 0 spiro atoms. The number of rotatable bonds is 4. The maximum Gasteiger partial charge on any atom is 0.119 e. The normalized spacial score (nSPS) is 14.5. The summed E-state index contributed by atoms with van der Waals surface area (Å²) < 4.78 is 12.7. The molecule has 3 rings (SSSR count). The lowest BCUT2D eigenvalue weighted by Gasteiger charge is -2.39. The minimum Gasteiger partial charge on any atom is -0.508 e. The highest BCUT2D eigenvalue weighted by molar-refractivity contribution is 9.10. The van der Waals surface area contributed by atoms with Crippen molar-refractivity contribution in [1.29, 1.82) is 0 Å². The fourth-order valence-electron chi connectivity index (χ4n) is 1.82. The van der Waals surface area contributed by atoms with E-state index in [1.165, 1.54) is 0 Å². The van der Waals surface area contributed by atoms with Gasteiger partial charge in [-0.15, -0.1) is 0 Å². The number of phenols is 1. The van der Waals surface area contributed by atoms with Crippen molar-refractivity contribution in [3.8, 4) is 11.5 Å². The fraction of sp³-hybridized carbons (Fsp3) is 0.333. The van der Waals surface area contributed by atoms with E-state index in [-0.39, 0.29) is 19.4 Å². The molecule has 2 N–H and O–H groups in total. The largest absolute Gasteiger partial charge is 0.508 e. The Morgan fingerprint density at radius 3 is 1.83 bits per heavy atom. The molecule has 0 radical (unpaired) electrons. The molecule has 4 nitrogen and oxygen atoms in total. The summed E-state index contributed by atoms with van der Waals surface area (Å²) in [6, 6.07) is 14.5. The van der Waals surface area contributed by atoms with E-state index < -0.39 is 0 Å². The molecule has 1 heterocycles. The summed E-state index contributed by atoms with van der Waals surface area (Å²) >= 11 is 6.59. The minimum absolute atomic E-state index is 0. The van der Waals surface area contributed by atoms with Gasteiger partial charge in [0.2, 0.25) is 0 Å². The van der Waals surface area contributed by atoms with Gasteiger partial charge in [-0.05, 0) is 48.5 Å². The molecule has 24 heavy (non-hydrogen) atoms. The molecule has 0 bridgehead atoms. The second kappa shape index (κ2) is 10.0. The van der Waals surface area contributed by atoms with Crippen LogP contribution in [0.4, 0.5) is 0 Å². The molecule has 0 unspecified atom stereocenters. The van der Waals surface area contributed by atoms with Crippen molar-refractivity contribution < 1.29 is 19.7 Å². The molecular formula is C18H22Br2O4. The molecule has 1 aliphatic heterocycles. The lowest BCUT2D eigenvalue weighted by Crippen LogP contribution is -2.49. The lowest BCUT2D eigenvalue weighted by molar-refractivity contribution is -0.153. The number of hydrogen-bond donors (Lipinski definition) is 2. The van der Waals surface area contributed by atoms with Crippen LogP contribution < -0.4 is 4.74 Å². The molecule has 1 fully saturated rings. The zero-order chi connectivity index (χ0) is 16.7. The first kappa shape index (κ1) is 21.0. The molecule has 0 aromatic heterocycles. The summed E-state index contributed by atoms with van der Waals surface area (Å²) in [6.45, 7) is 1.79. The van der Waals surface area contributed by atoms with Crippen molar-refractivity contribution >= 4 is 31.9 Å². The zero-order valence-electron chi connectivity index (χ0n) is 12.4. The quantitative estimate of drug-likeness (QED) is 0.696. The first-order valence-corrected chi connectivity index (χ1v) is 8.63. The van der Waals surface area contributed by atoms with Gasteiger partial charge in [0.05, 0.1) is 25.2 Å².